The van der Waals surface area contributed by atoms with E-state index < -0.39 is 0 Å². The van der Waals surface area contributed by atoms with E-state index in [0.29, 0.717) is 12.1 Å². The summed E-state index contributed by atoms with van der Waals surface area (Å²) < 4.78 is 1.95. The fourth-order valence-electron chi connectivity index (χ4n) is 2.49. The summed E-state index contributed by atoms with van der Waals surface area (Å²) in [5, 5.41) is 6.28. The molecule has 0 aliphatic rings. The number of para-hydroxylation sites is 1. The number of hydrogen-bond acceptors (Lipinski definition) is 3. The van der Waals surface area contributed by atoms with Gasteiger partial charge in [-0.3, -0.25) is 9.59 Å². The van der Waals surface area contributed by atoms with Gasteiger partial charge in [0, 0.05) is 42.6 Å². The van der Waals surface area contributed by atoms with Crippen LogP contribution in [-0.2, 0) is 11.3 Å². The SMILES string of the molecule is Cl.O=C(CNC(=O)c1c[nH]c2ccccc12)NCCCn1ccnc1. The van der Waals surface area contributed by atoms with Gasteiger partial charge in [-0.05, 0) is 12.5 Å². The molecule has 0 aliphatic carbocycles. The number of aryl methyl sites for hydroxylation is 1. The van der Waals surface area contributed by atoms with Crippen LogP contribution >= 0.6 is 12.4 Å². The fraction of sp³-hybridized carbons (Fsp3) is 0.235. The number of fused-ring (bicyclic) bond motifs is 1. The Hall–Kier alpha value is -2.80. The minimum absolute atomic E-state index is 0. The van der Waals surface area contributed by atoms with Crippen LogP contribution in [0.5, 0.6) is 0 Å². The predicted octanol–water partition coefficient (Wildman–Crippen LogP) is 1.72. The number of carbonyl (C=O) groups excluding carboxylic acids is 2. The zero-order chi connectivity index (χ0) is 16.8. The second-order valence-electron chi connectivity index (χ2n) is 5.43. The number of nitrogens with zero attached hydrogens (tertiary/aromatic N) is 2. The maximum atomic E-state index is 12.2. The number of nitrogens with one attached hydrogen (secondary N) is 3. The Balaban J connectivity index is 0.00000225. The van der Waals surface area contributed by atoms with E-state index in [1.807, 2.05) is 35.0 Å². The molecule has 1 aromatic carbocycles. The van der Waals surface area contributed by atoms with Gasteiger partial charge in [-0.2, -0.15) is 0 Å². The van der Waals surface area contributed by atoms with Gasteiger partial charge in [-0.25, -0.2) is 4.98 Å². The summed E-state index contributed by atoms with van der Waals surface area (Å²) in [5.74, 6) is -0.463. The quantitative estimate of drug-likeness (QED) is 0.559. The number of benzene rings is 1. The van der Waals surface area contributed by atoms with Crippen molar-refractivity contribution in [1.82, 2.24) is 25.2 Å². The molecule has 132 valence electrons. The third-order valence-corrected chi connectivity index (χ3v) is 3.72. The molecule has 3 aromatic rings. The molecule has 0 radical (unpaired) electrons. The van der Waals surface area contributed by atoms with Crippen LogP contribution in [0.1, 0.15) is 16.8 Å². The number of aromatic nitrogens is 3. The molecule has 8 heteroatoms. The molecular formula is C17H20ClN5O2. The monoisotopic (exact) mass is 361 g/mol. The van der Waals surface area contributed by atoms with Crippen molar-refractivity contribution < 1.29 is 9.59 Å². The van der Waals surface area contributed by atoms with Crippen LogP contribution in [0.25, 0.3) is 10.9 Å². The standard InChI is InChI=1S/C17H19N5O2.ClH/c23-16(19-6-3-8-22-9-7-18-12-22)11-21-17(24)14-10-20-15-5-2-1-4-13(14)15;/h1-2,4-5,7,9-10,12,20H,3,6,8,11H2,(H,19,23)(H,21,24);1H. The summed E-state index contributed by atoms with van der Waals surface area (Å²) in [7, 11) is 0. The second-order valence-corrected chi connectivity index (χ2v) is 5.43. The van der Waals surface area contributed by atoms with E-state index in [9.17, 15) is 9.59 Å². The van der Waals surface area contributed by atoms with E-state index in [0.717, 1.165) is 23.9 Å². The van der Waals surface area contributed by atoms with Gasteiger partial charge in [0.25, 0.3) is 5.91 Å². The lowest BCUT2D eigenvalue weighted by molar-refractivity contribution is -0.120. The van der Waals surface area contributed by atoms with Crippen molar-refractivity contribution in [2.75, 3.05) is 13.1 Å². The zero-order valence-electron chi connectivity index (χ0n) is 13.6. The van der Waals surface area contributed by atoms with Crippen LogP contribution in [0.4, 0.5) is 0 Å². The summed E-state index contributed by atoms with van der Waals surface area (Å²) in [4.78, 5) is 31.0. The highest BCUT2D eigenvalue weighted by atomic mass is 35.5. The van der Waals surface area contributed by atoms with Gasteiger partial charge in [-0.15, -0.1) is 12.4 Å². The molecule has 25 heavy (non-hydrogen) atoms. The third kappa shape index (κ3) is 4.84. The first-order valence-electron chi connectivity index (χ1n) is 7.81. The maximum Gasteiger partial charge on any atom is 0.253 e. The van der Waals surface area contributed by atoms with Crippen molar-refractivity contribution in [2.24, 2.45) is 0 Å². The van der Waals surface area contributed by atoms with Gasteiger partial charge in [-0.1, -0.05) is 18.2 Å². The summed E-state index contributed by atoms with van der Waals surface area (Å²) in [6, 6.07) is 7.55. The molecule has 3 N–H and O–H groups in total. The first kappa shape index (κ1) is 18.5. The summed E-state index contributed by atoms with van der Waals surface area (Å²) >= 11 is 0. The summed E-state index contributed by atoms with van der Waals surface area (Å²) in [6.07, 6.45) is 7.80. The van der Waals surface area contributed by atoms with Crippen molar-refractivity contribution in [1.29, 1.82) is 0 Å². The molecular weight excluding hydrogens is 342 g/mol. The minimum Gasteiger partial charge on any atom is -0.360 e. The van der Waals surface area contributed by atoms with Crippen molar-refractivity contribution in [3.63, 3.8) is 0 Å². The van der Waals surface area contributed by atoms with E-state index in [1.165, 1.54) is 0 Å². The van der Waals surface area contributed by atoms with Crippen molar-refractivity contribution in [2.45, 2.75) is 13.0 Å². The molecule has 2 amide bonds. The number of imidazole rings is 1. The summed E-state index contributed by atoms with van der Waals surface area (Å²) in [6.45, 7) is 1.31. The van der Waals surface area contributed by atoms with Gasteiger partial charge in [0.2, 0.25) is 5.91 Å². The Morgan fingerprint density at radius 2 is 2.04 bits per heavy atom. The first-order valence-corrected chi connectivity index (χ1v) is 7.81. The van der Waals surface area contributed by atoms with Crippen LogP contribution in [0.15, 0.2) is 49.2 Å². The van der Waals surface area contributed by atoms with Crippen LogP contribution in [-0.4, -0.2) is 39.4 Å². The topological polar surface area (TPSA) is 91.8 Å². The van der Waals surface area contributed by atoms with Gasteiger partial charge >= 0.3 is 0 Å². The molecule has 0 aliphatic heterocycles. The van der Waals surface area contributed by atoms with E-state index >= 15 is 0 Å². The van der Waals surface area contributed by atoms with Crippen molar-refractivity contribution in [3.8, 4) is 0 Å². The highest BCUT2D eigenvalue weighted by Gasteiger charge is 2.12. The maximum absolute atomic E-state index is 12.2. The molecule has 2 aromatic heterocycles. The molecule has 2 heterocycles. The smallest absolute Gasteiger partial charge is 0.253 e. The van der Waals surface area contributed by atoms with E-state index in [2.05, 4.69) is 20.6 Å². The Bertz CT molecular complexity index is 829. The number of amides is 2. The number of halogens is 1. The molecule has 0 bridgehead atoms. The van der Waals surface area contributed by atoms with Crippen molar-refractivity contribution in [3.05, 3.63) is 54.7 Å². The highest BCUT2D eigenvalue weighted by molar-refractivity contribution is 6.07. The lowest BCUT2D eigenvalue weighted by atomic mass is 10.1. The Labute approximate surface area is 151 Å². The number of aromatic amines is 1. The molecule has 0 fully saturated rings. The fourth-order valence-corrected chi connectivity index (χ4v) is 2.49. The molecule has 0 spiro atoms. The van der Waals surface area contributed by atoms with E-state index in [4.69, 9.17) is 0 Å². The molecule has 0 unspecified atom stereocenters. The Morgan fingerprint density at radius 1 is 1.20 bits per heavy atom. The van der Waals surface area contributed by atoms with Crippen LogP contribution < -0.4 is 10.6 Å². The van der Waals surface area contributed by atoms with E-state index in [-0.39, 0.29) is 30.8 Å². The molecule has 7 nitrogen and oxygen atoms in total. The van der Waals surface area contributed by atoms with Crippen LogP contribution in [0, 0.1) is 0 Å². The number of carbonyl (C=O) groups is 2. The van der Waals surface area contributed by atoms with Crippen LogP contribution in [0.2, 0.25) is 0 Å². The number of rotatable bonds is 7. The molecule has 0 saturated heterocycles. The number of hydrogen-bond donors (Lipinski definition) is 3. The van der Waals surface area contributed by atoms with Gasteiger partial charge in [0.05, 0.1) is 18.4 Å². The summed E-state index contributed by atoms with van der Waals surface area (Å²) in [5.41, 5.74) is 1.44. The van der Waals surface area contributed by atoms with Gasteiger partial charge in [0.1, 0.15) is 0 Å². The normalized spacial score (nSPS) is 10.2. The average Bonchev–Trinajstić information content (AvgIpc) is 3.26. The largest absolute Gasteiger partial charge is 0.360 e. The Morgan fingerprint density at radius 3 is 2.84 bits per heavy atom. The second kappa shape index (κ2) is 8.89. The first-order chi connectivity index (χ1) is 11.7. The Kier molecular flexibility index (Phi) is 6.59. The van der Waals surface area contributed by atoms with Gasteiger partial charge < -0.3 is 20.2 Å². The zero-order valence-corrected chi connectivity index (χ0v) is 14.4. The average molecular weight is 362 g/mol. The van der Waals surface area contributed by atoms with Gasteiger partial charge in [0.15, 0.2) is 0 Å². The minimum atomic E-state index is -0.263. The lowest BCUT2D eigenvalue weighted by Crippen LogP contribution is -2.37. The predicted molar refractivity (Wildman–Crippen MR) is 97.7 cm³/mol. The van der Waals surface area contributed by atoms with Crippen LogP contribution in [0.3, 0.4) is 0 Å². The number of H-pyrrole nitrogens is 1. The molecule has 0 atom stereocenters. The molecule has 0 saturated carbocycles. The van der Waals surface area contributed by atoms with E-state index in [1.54, 1.807) is 18.7 Å². The highest BCUT2D eigenvalue weighted by Crippen LogP contribution is 2.17. The third-order valence-electron chi connectivity index (χ3n) is 3.72. The van der Waals surface area contributed by atoms with Crippen molar-refractivity contribution >= 4 is 35.1 Å². The molecule has 3 rings (SSSR count). The lowest BCUT2D eigenvalue weighted by Gasteiger charge is -2.07.